The van der Waals surface area contributed by atoms with Gasteiger partial charge in [-0.05, 0) is 29.8 Å². The van der Waals surface area contributed by atoms with Crippen molar-refractivity contribution >= 4 is 28.9 Å². The van der Waals surface area contributed by atoms with Crippen LogP contribution in [0, 0.1) is 5.82 Å². The van der Waals surface area contributed by atoms with Crippen LogP contribution in [0.2, 0.25) is 10.0 Å². The Hall–Kier alpha value is -1.33. The van der Waals surface area contributed by atoms with E-state index in [0.29, 0.717) is 26.9 Å². The summed E-state index contributed by atoms with van der Waals surface area (Å²) < 4.78 is 13.9. The van der Waals surface area contributed by atoms with Crippen LogP contribution in [0.25, 0.3) is 0 Å². The first-order valence-electron chi connectivity index (χ1n) is 5.49. The van der Waals surface area contributed by atoms with Crippen LogP contribution in [0.3, 0.4) is 0 Å². The number of hydrogen-bond donors (Lipinski definition) is 3. The van der Waals surface area contributed by atoms with Crippen molar-refractivity contribution in [2.75, 3.05) is 5.73 Å². The summed E-state index contributed by atoms with van der Waals surface area (Å²) in [6, 6.07) is 8.78. The number of anilines is 1. The lowest BCUT2D eigenvalue weighted by atomic mass is 9.97. The Morgan fingerprint density at radius 3 is 2.11 bits per heavy atom. The van der Waals surface area contributed by atoms with Crippen molar-refractivity contribution in [2.45, 2.75) is 6.04 Å². The van der Waals surface area contributed by atoms with Gasteiger partial charge in [0.2, 0.25) is 0 Å². The lowest BCUT2D eigenvalue weighted by Crippen LogP contribution is -2.30. The number of hydrogen-bond acceptors (Lipinski definition) is 3. The summed E-state index contributed by atoms with van der Waals surface area (Å²) in [6.45, 7) is 0. The van der Waals surface area contributed by atoms with Crippen molar-refractivity contribution < 1.29 is 4.39 Å². The summed E-state index contributed by atoms with van der Waals surface area (Å²) in [5, 5.41) is 0.828. The third-order valence-electron chi connectivity index (χ3n) is 2.80. The quantitative estimate of drug-likeness (QED) is 0.463. The second-order valence-corrected chi connectivity index (χ2v) is 4.91. The molecule has 1 unspecified atom stereocenters. The minimum Gasteiger partial charge on any atom is -0.398 e. The van der Waals surface area contributed by atoms with Gasteiger partial charge in [0.05, 0.1) is 6.04 Å². The molecular formula is C13H12Cl2FN3. The monoisotopic (exact) mass is 299 g/mol. The predicted molar refractivity (Wildman–Crippen MR) is 76.4 cm³/mol. The molecule has 100 valence electrons. The van der Waals surface area contributed by atoms with Crippen LogP contribution in [0.4, 0.5) is 10.1 Å². The average Bonchev–Trinajstić information content (AvgIpc) is 2.34. The number of nitrogens with one attached hydrogen (secondary N) is 1. The molecule has 0 aliphatic carbocycles. The summed E-state index contributed by atoms with van der Waals surface area (Å²) in [6.07, 6.45) is 0. The second kappa shape index (κ2) is 5.75. The topological polar surface area (TPSA) is 64.1 Å². The highest BCUT2D eigenvalue weighted by Gasteiger charge is 2.19. The van der Waals surface area contributed by atoms with Gasteiger partial charge < -0.3 is 5.73 Å². The van der Waals surface area contributed by atoms with E-state index in [2.05, 4.69) is 5.43 Å². The third kappa shape index (κ3) is 2.98. The highest BCUT2D eigenvalue weighted by atomic mass is 35.5. The summed E-state index contributed by atoms with van der Waals surface area (Å²) in [5.74, 6) is 5.06. The fourth-order valence-electron chi connectivity index (χ4n) is 1.89. The van der Waals surface area contributed by atoms with Crippen LogP contribution in [-0.4, -0.2) is 0 Å². The van der Waals surface area contributed by atoms with Gasteiger partial charge in [-0.3, -0.25) is 5.84 Å². The molecule has 1 atom stereocenters. The molecule has 0 saturated carbocycles. The molecule has 0 radical (unpaired) electrons. The Labute approximate surface area is 120 Å². The molecule has 2 aromatic carbocycles. The number of nitrogen functional groups attached to an aromatic ring is 1. The molecule has 6 heteroatoms. The molecule has 0 heterocycles. The van der Waals surface area contributed by atoms with Gasteiger partial charge in [0, 0.05) is 21.3 Å². The molecule has 3 nitrogen and oxygen atoms in total. The first-order chi connectivity index (χ1) is 9.02. The maximum atomic E-state index is 13.9. The largest absolute Gasteiger partial charge is 0.398 e. The molecule has 2 aromatic rings. The van der Waals surface area contributed by atoms with Gasteiger partial charge in [0.1, 0.15) is 5.82 Å². The smallest absolute Gasteiger partial charge is 0.129 e. The van der Waals surface area contributed by atoms with Crippen molar-refractivity contribution in [3.05, 3.63) is 63.4 Å². The summed E-state index contributed by atoms with van der Waals surface area (Å²) >= 11 is 11.6. The maximum Gasteiger partial charge on any atom is 0.129 e. The van der Waals surface area contributed by atoms with Crippen LogP contribution in [0.1, 0.15) is 17.2 Å². The molecule has 5 N–H and O–H groups in total. The fraction of sp³-hybridized carbons (Fsp3) is 0.0769. The molecule has 2 rings (SSSR count). The van der Waals surface area contributed by atoms with Crippen molar-refractivity contribution in [1.82, 2.24) is 5.43 Å². The maximum absolute atomic E-state index is 13.9. The van der Waals surface area contributed by atoms with Gasteiger partial charge in [-0.15, -0.1) is 0 Å². The summed E-state index contributed by atoms with van der Waals surface area (Å²) in [5.41, 5.74) is 9.88. The number of hydrazine groups is 1. The molecule has 0 spiro atoms. The second-order valence-electron chi connectivity index (χ2n) is 4.04. The third-order valence-corrected chi connectivity index (χ3v) is 3.27. The SMILES string of the molecule is NNC(c1ccc(Cl)cc1N)c1ccc(Cl)cc1F. The van der Waals surface area contributed by atoms with Gasteiger partial charge in [0.25, 0.3) is 0 Å². The Kier molecular flexibility index (Phi) is 4.27. The van der Waals surface area contributed by atoms with E-state index in [4.69, 9.17) is 34.8 Å². The van der Waals surface area contributed by atoms with E-state index in [1.54, 1.807) is 30.3 Å². The zero-order valence-corrected chi connectivity index (χ0v) is 11.3. The van der Waals surface area contributed by atoms with E-state index in [1.165, 1.54) is 6.07 Å². The van der Waals surface area contributed by atoms with E-state index in [9.17, 15) is 4.39 Å². The molecule has 0 saturated heterocycles. The molecular weight excluding hydrogens is 288 g/mol. The van der Waals surface area contributed by atoms with Crippen LogP contribution < -0.4 is 17.0 Å². The summed E-state index contributed by atoms with van der Waals surface area (Å²) in [4.78, 5) is 0. The van der Waals surface area contributed by atoms with Gasteiger partial charge in [-0.25, -0.2) is 9.82 Å². The van der Waals surface area contributed by atoms with E-state index >= 15 is 0 Å². The van der Waals surface area contributed by atoms with Crippen LogP contribution >= 0.6 is 23.2 Å². The van der Waals surface area contributed by atoms with E-state index in [0.717, 1.165) is 0 Å². The van der Waals surface area contributed by atoms with Gasteiger partial charge in [-0.1, -0.05) is 35.3 Å². The van der Waals surface area contributed by atoms with Crippen molar-refractivity contribution in [1.29, 1.82) is 0 Å². The van der Waals surface area contributed by atoms with Gasteiger partial charge in [-0.2, -0.15) is 0 Å². The van der Waals surface area contributed by atoms with Crippen LogP contribution in [-0.2, 0) is 0 Å². The Morgan fingerprint density at radius 2 is 1.58 bits per heavy atom. The lowest BCUT2D eigenvalue weighted by molar-refractivity contribution is 0.561. The molecule has 0 aromatic heterocycles. The van der Waals surface area contributed by atoms with Gasteiger partial charge >= 0.3 is 0 Å². The minimum atomic E-state index is -0.575. The Balaban J connectivity index is 2.50. The Bertz CT molecular complexity index is 553. The predicted octanol–water partition coefficient (Wildman–Crippen LogP) is 3.27. The number of rotatable bonds is 3. The minimum absolute atomic E-state index is 0.320. The van der Waals surface area contributed by atoms with Crippen LogP contribution in [0.5, 0.6) is 0 Å². The number of nitrogens with two attached hydrogens (primary N) is 2. The zero-order chi connectivity index (χ0) is 14.0. The highest BCUT2D eigenvalue weighted by Crippen LogP contribution is 2.30. The first-order valence-corrected chi connectivity index (χ1v) is 6.24. The van der Waals surface area contributed by atoms with E-state index in [-0.39, 0.29) is 0 Å². The van der Waals surface area contributed by atoms with Crippen molar-refractivity contribution in [3.8, 4) is 0 Å². The van der Waals surface area contributed by atoms with Crippen LogP contribution in [0.15, 0.2) is 36.4 Å². The highest BCUT2D eigenvalue weighted by molar-refractivity contribution is 6.31. The molecule has 0 fully saturated rings. The molecule has 0 amide bonds. The Morgan fingerprint density at radius 1 is 1.00 bits per heavy atom. The van der Waals surface area contributed by atoms with Gasteiger partial charge in [0.15, 0.2) is 0 Å². The molecule has 0 aliphatic heterocycles. The molecule has 19 heavy (non-hydrogen) atoms. The number of benzene rings is 2. The normalized spacial score (nSPS) is 12.4. The van der Waals surface area contributed by atoms with Crippen molar-refractivity contribution in [2.24, 2.45) is 5.84 Å². The average molecular weight is 300 g/mol. The standard InChI is InChI=1S/C13H12Cl2FN3/c14-7-1-3-9(11(16)5-7)13(19-18)10-4-2-8(15)6-12(10)17/h1-6,13,19H,17-18H2. The summed E-state index contributed by atoms with van der Waals surface area (Å²) in [7, 11) is 0. The molecule has 0 aliphatic rings. The van der Waals surface area contributed by atoms with E-state index < -0.39 is 11.9 Å². The lowest BCUT2D eigenvalue weighted by Gasteiger charge is -2.19. The number of halogens is 3. The fourth-order valence-corrected chi connectivity index (χ4v) is 2.23. The van der Waals surface area contributed by atoms with Crippen molar-refractivity contribution in [3.63, 3.8) is 0 Å². The molecule has 0 bridgehead atoms. The zero-order valence-electron chi connectivity index (χ0n) is 9.83. The van der Waals surface area contributed by atoms with E-state index in [1.807, 2.05) is 0 Å². The first kappa shape index (κ1) is 14.1.